The summed E-state index contributed by atoms with van der Waals surface area (Å²) in [6, 6.07) is 7.64. The first-order chi connectivity index (χ1) is 12.0. The number of nitrogens with one attached hydrogen (secondary N) is 1. The second-order valence-corrected chi connectivity index (χ2v) is 5.24. The van der Waals surface area contributed by atoms with E-state index in [1.165, 1.54) is 45.6 Å². The minimum Gasteiger partial charge on any atom is -0.493 e. The van der Waals surface area contributed by atoms with Crippen LogP contribution in [0.3, 0.4) is 0 Å². The van der Waals surface area contributed by atoms with E-state index in [0.717, 1.165) is 0 Å². The zero-order valence-electron chi connectivity index (χ0n) is 14.6. The zero-order valence-corrected chi connectivity index (χ0v) is 14.6. The van der Waals surface area contributed by atoms with Crippen LogP contribution in [-0.4, -0.2) is 27.2 Å². The van der Waals surface area contributed by atoms with Crippen LogP contribution in [-0.2, 0) is 4.79 Å². The van der Waals surface area contributed by atoms with Crippen LogP contribution in [0.15, 0.2) is 36.4 Å². The third-order valence-corrected chi connectivity index (χ3v) is 3.56. The van der Waals surface area contributed by atoms with Crippen LogP contribution in [0.2, 0.25) is 0 Å². The van der Waals surface area contributed by atoms with Crippen LogP contribution >= 0.6 is 0 Å². The number of methoxy groups -OCH3 is 3. The monoisotopic (exact) mass is 345 g/mol. The number of ether oxygens (including phenoxy) is 3. The van der Waals surface area contributed by atoms with Crippen molar-refractivity contribution < 1.29 is 23.4 Å². The summed E-state index contributed by atoms with van der Waals surface area (Å²) in [6.07, 6.45) is 3.00. The molecule has 0 bridgehead atoms. The Morgan fingerprint density at radius 1 is 1.04 bits per heavy atom. The lowest BCUT2D eigenvalue weighted by Gasteiger charge is -2.12. The molecule has 25 heavy (non-hydrogen) atoms. The molecule has 1 amide bonds. The number of hydrogen-bond donors (Lipinski definition) is 1. The molecule has 0 fully saturated rings. The number of amides is 1. The van der Waals surface area contributed by atoms with Gasteiger partial charge in [0.15, 0.2) is 11.5 Å². The van der Waals surface area contributed by atoms with E-state index < -0.39 is 0 Å². The van der Waals surface area contributed by atoms with E-state index in [-0.39, 0.29) is 11.7 Å². The Labute approximate surface area is 146 Å². The fourth-order valence-corrected chi connectivity index (χ4v) is 2.31. The Morgan fingerprint density at radius 2 is 1.68 bits per heavy atom. The van der Waals surface area contributed by atoms with Crippen molar-refractivity contribution in [1.29, 1.82) is 0 Å². The maximum atomic E-state index is 13.1. The summed E-state index contributed by atoms with van der Waals surface area (Å²) in [5.41, 5.74) is 1.91. The molecule has 0 aromatic heterocycles. The molecule has 5 nitrogen and oxygen atoms in total. The van der Waals surface area contributed by atoms with E-state index in [1.807, 2.05) is 0 Å². The van der Waals surface area contributed by atoms with Gasteiger partial charge in [-0.05, 0) is 54.5 Å². The van der Waals surface area contributed by atoms with Gasteiger partial charge in [-0.15, -0.1) is 0 Å². The molecule has 0 aliphatic carbocycles. The maximum Gasteiger partial charge on any atom is 0.248 e. The van der Waals surface area contributed by atoms with Gasteiger partial charge in [-0.2, -0.15) is 0 Å². The number of rotatable bonds is 6. The second kappa shape index (κ2) is 8.19. The summed E-state index contributed by atoms with van der Waals surface area (Å²) in [7, 11) is 4.57. The van der Waals surface area contributed by atoms with Gasteiger partial charge in [0.1, 0.15) is 5.82 Å². The third-order valence-electron chi connectivity index (χ3n) is 3.56. The molecule has 0 unspecified atom stereocenters. The Morgan fingerprint density at radius 3 is 2.20 bits per heavy atom. The molecule has 0 heterocycles. The van der Waals surface area contributed by atoms with Crippen LogP contribution in [0.5, 0.6) is 17.2 Å². The van der Waals surface area contributed by atoms with Gasteiger partial charge in [0.05, 0.1) is 21.3 Å². The van der Waals surface area contributed by atoms with Crippen molar-refractivity contribution in [2.75, 3.05) is 26.6 Å². The van der Waals surface area contributed by atoms with Gasteiger partial charge in [0, 0.05) is 11.8 Å². The van der Waals surface area contributed by atoms with Crippen molar-refractivity contribution >= 4 is 17.7 Å². The van der Waals surface area contributed by atoms with Crippen molar-refractivity contribution in [2.45, 2.75) is 6.92 Å². The van der Waals surface area contributed by atoms with Gasteiger partial charge >= 0.3 is 0 Å². The van der Waals surface area contributed by atoms with Gasteiger partial charge in [-0.1, -0.05) is 0 Å². The van der Waals surface area contributed by atoms with E-state index in [1.54, 1.807) is 25.1 Å². The number of anilines is 1. The van der Waals surface area contributed by atoms with Crippen molar-refractivity contribution in [2.24, 2.45) is 0 Å². The molecule has 2 aromatic rings. The molecule has 0 aliphatic rings. The summed E-state index contributed by atoms with van der Waals surface area (Å²) in [4.78, 5) is 12.1. The number of benzene rings is 2. The Kier molecular flexibility index (Phi) is 6.00. The Balaban J connectivity index is 2.19. The molecule has 0 saturated heterocycles. The first kappa shape index (κ1) is 18.3. The maximum absolute atomic E-state index is 13.1. The molecular weight excluding hydrogens is 325 g/mol. The predicted octanol–water partition coefficient (Wildman–Crippen LogP) is 3.81. The van der Waals surface area contributed by atoms with Gasteiger partial charge in [-0.25, -0.2) is 4.39 Å². The van der Waals surface area contributed by atoms with Crippen molar-refractivity contribution in [3.05, 3.63) is 53.4 Å². The molecular formula is C19H20FNO4. The standard InChI is InChI=1S/C19H20FNO4/c1-12-9-14(20)6-7-15(12)21-18(22)8-5-13-10-16(23-2)19(25-4)17(11-13)24-3/h5-11H,1-4H3,(H,21,22)/b8-5+. The highest BCUT2D eigenvalue weighted by atomic mass is 19.1. The summed E-state index contributed by atoms with van der Waals surface area (Å²) in [5, 5.41) is 2.71. The third kappa shape index (κ3) is 4.50. The molecule has 0 atom stereocenters. The average molecular weight is 345 g/mol. The number of carbonyl (C=O) groups is 1. The highest BCUT2D eigenvalue weighted by Crippen LogP contribution is 2.38. The SMILES string of the molecule is COc1cc(/C=C/C(=O)Nc2ccc(F)cc2C)cc(OC)c1OC. The summed E-state index contributed by atoms with van der Waals surface area (Å²) in [5.74, 6) is 0.799. The summed E-state index contributed by atoms with van der Waals surface area (Å²) < 4.78 is 28.9. The Hall–Kier alpha value is -3.02. The van der Waals surface area contributed by atoms with Gasteiger partial charge in [-0.3, -0.25) is 4.79 Å². The summed E-state index contributed by atoms with van der Waals surface area (Å²) >= 11 is 0. The predicted molar refractivity (Wildman–Crippen MR) is 94.9 cm³/mol. The normalized spacial score (nSPS) is 10.6. The van der Waals surface area contributed by atoms with Gasteiger partial charge in [0.25, 0.3) is 0 Å². The first-order valence-electron chi connectivity index (χ1n) is 7.53. The van der Waals surface area contributed by atoms with E-state index >= 15 is 0 Å². The highest BCUT2D eigenvalue weighted by molar-refractivity contribution is 6.02. The molecule has 1 N–H and O–H groups in total. The van der Waals surface area contributed by atoms with Gasteiger partial charge < -0.3 is 19.5 Å². The largest absolute Gasteiger partial charge is 0.493 e. The molecule has 0 radical (unpaired) electrons. The minimum absolute atomic E-state index is 0.330. The molecule has 0 spiro atoms. The number of carbonyl (C=O) groups excluding carboxylic acids is 1. The van der Waals surface area contributed by atoms with E-state index in [4.69, 9.17) is 14.2 Å². The fourth-order valence-electron chi connectivity index (χ4n) is 2.31. The molecule has 6 heteroatoms. The number of aryl methyl sites for hydroxylation is 1. The zero-order chi connectivity index (χ0) is 18.4. The molecule has 0 aliphatic heterocycles. The van der Waals surface area contributed by atoms with Crippen LogP contribution in [0.4, 0.5) is 10.1 Å². The number of hydrogen-bond acceptors (Lipinski definition) is 4. The van der Waals surface area contributed by atoms with Crippen LogP contribution in [0, 0.1) is 12.7 Å². The number of halogens is 1. The van der Waals surface area contributed by atoms with Crippen molar-refractivity contribution in [3.8, 4) is 17.2 Å². The minimum atomic E-state index is -0.344. The molecule has 132 valence electrons. The Bertz CT molecular complexity index is 777. The molecule has 2 aromatic carbocycles. The van der Waals surface area contributed by atoms with Crippen LogP contribution in [0.1, 0.15) is 11.1 Å². The van der Waals surface area contributed by atoms with E-state index in [2.05, 4.69) is 5.32 Å². The lowest BCUT2D eigenvalue weighted by molar-refractivity contribution is -0.111. The van der Waals surface area contributed by atoms with E-state index in [0.29, 0.717) is 34.1 Å². The molecule has 0 saturated carbocycles. The van der Waals surface area contributed by atoms with Gasteiger partial charge in [0.2, 0.25) is 11.7 Å². The molecule has 2 rings (SSSR count). The van der Waals surface area contributed by atoms with Crippen LogP contribution < -0.4 is 19.5 Å². The topological polar surface area (TPSA) is 56.8 Å². The quantitative estimate of drug-likeness (QED) is 0.809. The lowest BCUT2D eigenvalue weighted by atomic mass is 10.1. The fraction of sp³-hybridized carbons (Fsp3) is 0.211. The van der Waals surface area contributed by atoms with Crippen LogP contribution in [0.25, 0.3) is 6.08 Å². The van der Waals surface area contributed by atoms with Crippen molar-refractivity contribution in [3.63, 3.8) is 0 Å². The average Bonchev–Trinajstić information content (AvgIpc) is 2.61. The first-order valence-corrected chi connectivity index (χ1v) is 7.53. The summed E-state index contributed by atoms with van der Waals surface area (Å²) in [6.45, 7) is 1.72. The second-order valence-electron chi connectivity index (χ2n) is 5.24. The smallest absolute Gasteiger partial charge is 0.248 e. The lowest BCUT2D eigenvalue weighted by Crippen LogP contribution is -2.09. The van der Waals surface area contributed by atoms with E-state index in [9.17, 15) is 9.18 Å². The highest BCUT2D eigenvalue weighted by Gasteiger charge is 2.12. The van der Waals surface area contributed by atoms with Crippen molar-refractivity contribution in [1.82, 2.24) is 0 Å².